The van der Waals surface area contributed by atoms with Crippen LogP contribution in [0.3, 0.4) is 0 Å². The van der Waals surface area contributed by atoms with Crippen LogP contribution >= 0.6 is 23.4 Å². The quantitative estimate of drug-likeness (QED) is 0.312. The summed E-state index contributed by atoms with van der Waals surface area (Å²) in [6.45, 7) is 5.91. The molecule has 0 unspecified atom stereocenters. The minimum absolute atomic E-state index is 0.240. The Morgan fingerprint density at radius 2 is 1.78 bits per heavy atom. The highest BCUT2D eigenvalue weighted by atomic mass is 35.5. The molecule has 0 atom stereocenters. The molecule has 0 bridgehead atoms. The van der Waals surface area contributed by atoms with E-state index in [1.807, 2.05) is 51.1 Å². The van der Waals surface area contributed by atoms with E-state index in [-0.39, 0.29) is 11.6 Å². The first-order valence-corrected chi connectivity index (χ1v) is 11.3. The van der Waals surface area contributed by atoms with Gasteiger partial charge in [0, 0.05) is 28.9 Å². The Kier molecular flexibility index (Phi) is 6.53. The maximum absolute atomic E-state index is 13.1. The Bertz CT molecular complexity index is 1250. The van der Waals surface area contributed by atoms with Crippen molar-refractivity contribution in [3.63, 3.8) is 0 Å². The van der Waals surface area contributed by atoms with E-state index < -0.39 is 0 Å². The van der Waals surface area contributed by atoms with Gasteiger partial charge in [-0.2, -0.15) is 0 Å². The first-order valence-electron chi connectivity index (χ1n) is 9.91. The smallest absolute Gasteiger partial charge is 0.278 e. The predicted molar refractivity (Wildman–Crippen MR) is 127 cm³/mol. The van der Waals surface area contributed by atoms with Crippen molar-refractivity contribution in [1.82, 2.24) is 25.0 Å². The maximum Gasteiger partial charge on any atom is 0.278 e. The Labute approximate surface area is 195 Å². The minimum Gasteiger partial charge on any atom is -0.321 e. The highest BCUT2D eigenvalue weighted by Gasteiger charge is 2.22. The maximum atomic E-state index is 13.1. The number of nitrogens with one attached hydrogen (secondary N) is 1. The number of nitrogens with zero attached hydrogens (tertiary/aromatic N) is 5. The summed E-state index contributed by atoms with van der Waals surface area (Å²) in [6, 6.07) is 13.3. The van der Waals surface area contributed by atoms with Gasteiger partial charge in [0.2, 0.25) is 0 Å². The average Bonchev–Trinajstić information content (AvgIpc) is 3.18. The van der Waals surface area contributed by atoms with Crippen LogP contribution in [0.5, 0.6) is 0 Å². The molecule has 0 saturated carbocycles. The molecule has 32 heavy (non-hydrogen) atoms. The zero-order chi connectivity index (χ0) is 22.7. The van der Waals surface area contributed by atoms with Gasteiger partial charge in [-0.3, -0.25) is 4.79 Å². The van der Waals surface area contributed by atoms with Crippen LogP contribution in [-0.2, 0) is 5.75 Å². The molecule has 0 radical (unpaired) electrons. The molecule has 0 aliphatic rings. The summed E-state index contributed by atoms with van der Waals surface area (Å²) >= 11 is 7.73. The number of carbonyl (C=O) groups excluding carboxylic acids is 1. The van der Waals surface area contributed by atoms with Gasteiger partial charge in [-0.15, -0.1) is 5.10 Å². The van der Waals surface area contributed by atoms with Gasteiger partial charge in [0.25, 0.3) is 5.91 Å². The molecule has 4 aromatic rings. The summed E-state index contributed by atoms with van der Waals surface area (Å²) in [7, 11) is 0. The topological polar surface area (TPSA) is 85.6 Å². The minimum atomic E-state index is -0.330. The molecule has 7 nitrogen and oxygen atoms in total. The van der Waals surface area contributed by atoms with Crippen molar-refractivity contribution in [2.45, 2.75) is 31.7 Å². The van der Waals surface area contributed by atoms with E-state index >= 15 is 0 Å². The van der Waals surface area contributed by atoms with Crippen LogP contribution in [0.25, 0.3) is 5.69 Å². The number of hydrogen-bond donors (Lipinski definition) is 1. The van der Waals surface area contributed by atoms with Crippen LogP contribution in [0.15, 0.2) is 60.0 Å². The molecular weight excluding hydrogens is 444 g/mol. The number of halogens is 1. The highest BCUT2D eigenvalue weighted by Crippen LogP contribution is 2.26. The number of hydrogen-bond acceptors (Lipinski definition) is 6. The zero-order valence-corrected chi connectivity index (χ0v) is 19.4. The van der Waals surface area contributed by atoms with E-state index in [0.717, 1.165) is 22.4 Å². The molecule has 0 spiro atoms. The van der Waals surface area contributed by atoms with Crippen LogP contribution in [0.4, 0.5) is 5.69 Å². The molecule has 4 rings (SSSR count). The van der Waals surface area contributed by atoms with Gasteiger partial charge < -0.3 is 5.32 Å². The molecule has 0 aliphatic heterocycles. The molecule has 162 valence electrons. The second-order valence-electron chi connectivity index (χ2n) is 7.38. The van der Waals surface area contributed by atoms with Gasteiger partial charge in [0.1, 0.15) is 0 Å². The monoisotopic (exact) mass is 464 g/mol. The van der Waals surface area contributed by atoms with Gasteiger partial charge in [0.15, 0.2) is 10.9 Å². The van der Waals surface area contributed by atoms with Crippen LogP contribution in [0.1, 0.15) is 32.9 Å². The van der Waals surface area contributed by atoms with E-state index in [4.69, 9.17) is 11.6 Å². The van der Waals surface area contributed by atoms with E-state index in [0.29, 0.717) is 27.3 Å². The summed E-state index contributed by atoms with van der Waals surface area (Å²) in [5.41, 5.74) is 5.39. The summed E-state index contributed by atoms with van der Waals surface area (Å²) in [4.78, 5) is 21.6. The van der Waals surface area contributed by atoms with E-state index in [1.165, 1.54) is 11.8 Å². The lowest BCUT2D eigenvalue weighted by Crippen LogP contribution is -2.15. The van der Waals surface area contributed by atoms with Gasteiger partial charge >= 0.3 is 0 Å². The number of aromatic nitrogens is 5. The molecule has 0 saturated heterocycles. The number of carbonyl (C=O) groups is 1. The fraction of sp³-hybridized carbons (Fsp3) is 0.174. The van der Waals surface area contributed by atoms with Crippen molar-refractivity contribution >= 4 is 35.0 Å². The normalized spacial score (nSPS) is 10.9. The van der Waals surface area contributed by atoms with Gasteiger partial charge in [-0.25, -0.2) is 14.6 Å². The van der Waals surface area contributed by atoms with Crippen molar-refractivity contribution in [1.29, 1.82) is 0 Å². The molecule has 2 heterocycles. The number of thioether (sulfide) groups is 1. The highest BCUT2D eigenvalue weighted by molar-refractivity contribution is 7.98. The number of amides is 1. The lowest BCUT2D eigenvalue weighted by Gasteiger charge is -2.10. The summed E-state index contributed by atoms with van der Waals surface area (Å²) in [6.07, 6.45) is 3.36. The number of aryl methyl sites for hydroxylation is 3. The molecule has 2 aromatic carbocycles. The van der Waals surface area contributed by atoms with Crippen molar-refractivity contribution in [2.75, 3.05) is 5.32 Å². The van der Waals surface area contributed by atoms with Crippen LogP contribution < -0.4 is 5.32 Å². The lowest BCUT2D eigenvalue weighted by molar-refractivity contribution is 0.102. The molecule has 2 aromatic heterocycles. The van der Waals surface area contributed by atoms with E-state index in [1.54, 1.807) is 23.1 Å². The number of anilines is 1. The first kappa shape index (κ1) is 22.0. The summed E-state index contributed by atoms with van der Waals surface area (Å²) < 4.78 is 1.64. The Morgan fingerprint density at radius 3 is 2.47 bits per heavy atom. The Balaban J connectivity index is 1.69. The van der Waals surface area contributed by atoms with Crippen LogP contribution in [-0.4, -0.2) is 30.9 Å². The second-order valence-corrected chi connectivity index (χ2v) is 8.73. The van der Waals surface area contributed by atoms with Crippen molar-refractivity contribution in [2.24, 2.45) is 0 Å². The molecule has 1 N–H and O–H groups in total. The average molecular weight is 465 g/mol. The SMILES string of the molecule is Cc1cc(C)cc(NC(=O)c2nnn(-c3ccc(C)c(Cl)c3)c2CSc2ncccn2)c1. The number of benzene rings is 2. The van der Waals surface area contributed by atoms with Gasteiger partial charge in [-0.1, -0.05) is 40.7 Å². The largest absolute Gasteiger partial charge is 0.321 e. The Hall–Kier alpha value is -3.23. The third kappa shape index (κ3) is 4.98. The molecule has 0 aliphatic carbocycles. The van der Waals surface area contributed by atoms with Crippen LogP contribution in [0.2, 0.25) is 5.02 Å². The molecule has 1 amide bonds. The summed E-state index contributed by atoms with van der Waals surface area (Å²) in [5.74, 6) is 0.0713. The summed E-state index contributed by atoms with van der Waals surface area (Å²) in [5, 5.41) is 12.6. The Morgan fingerprint density at radius 1 is 1.06 bits per heavy atom. The first-order chi connectivity index (χ1) is 15.4. The fourth-order valence-corrected chi connectivity index (χ4v) is 4.23. The molecule has 9 heteroatoms. The fourth-order valence-electron chi connectivity index (χ4n) is 3.26. The third-order valence-electron chi connectivity index (χ3n) is 4.74. The second kappa shape index (κ2) is 9.50. The van der Waals surface area contributed by atoms with Gasteiger partial charge in [-0.05, 0) is 67.8 Å². The zero-order valence-electron chi connectivity index (χ0n) is 17.8. The van der Waals surface area contributed by atoms with Crippen molar-refractivity contribution in [3.05, 3.63) is 88.0 Å². The van der Waals surface area contributed by atoms with Gasteiger partial charge in [0.05, 0.1) is 11.4 Å². The van der Waals surface area contributed by atoms with Crippen molar-refractivity contribution < 1.29 is 4.79 Å². The predicted octanol–water partition coefficient (Wildman–Crippen LogP) is 5.18. The standard InChI is InChI=1S/C23H21ClN6OS/c1-14-9-15(2)11-17(10-14)27-22(31)21-20(13-32-23-25-7-4-8-26-23)30(29-28-21)18-6-5-16(3)19(24)12-18/h4-12H,13H2,1-3H3,(H,27,31). The molecular formula is C23H21ClN6OS. The lowest BCUT2D eigenvalue weighted by atomic mass is 10.1. The van der Waals surface area contributed by atoms with Crippen LogP contribution in [0, 0.1) is 20.8 Å². The third-order valence-corrected chi connectivity index (χ3v) is 6.03. The van der Waals surface area contributed by atoms with E-state index in [2.05, 4.69) is 31.7 Å². The molecule has 0 fully saturated rings. The van der Waals surface area contributed by atoms with Crippen molar-refractivity contribution in [3.8, 4) is 5.69 Å². The number of rotatable bonds is 6. The van der Waals surface area contributed by atoms with E-state index in [9.17, 15) is 4.79 Å².